The van der Waals surface area contributed by atoms with Gasteiger partial charge in [-0.25, -0.2) is 0 Å². The van der Waals surface area contributed by atoms with Crippen LogP contribution in [0.2, 0.25) is 0 Å². The summed E-state index contributed by atoms with van der Waals surface area (Å²) in [7, 11) is 5.42. The molecule has 24 aromatic carbocycles. The second-order valence-corrected chi connectivity index (χ2v) is 32.1. The fourth-order valence-corrected chi connectivity index (χ4v) is 29.9. The van der Waals surface area contributed by atoms with Gasteiger partial charge in [-0.15, -0.1) is 0 Å². The SMILES string of the molecule is C[N+]1(CCOCCOCC[NH3+])CC23c4c5c6c7c8c9c%10c%11c%12c%13c%14c%15c(c6c6c4c4c%16c%17c%18c(c%19c%20c2c5c8c2c%20c5c%19c8c%18c%18c%19c%17c%17c4c6c%15c4c%14c6c%12c%12c%14c%11c(c92)c5c%14c8c%18c%12c6c%19c4%17)C%163C1)C71C[N+](C)(CCOCCOCC[NH3+])CC%10%131. The summed E-state index contributed by atoms with van der Waals surface area (Å²) < 4.78 is 27.5. The highest BCUT2D eigenvalue weighted by atomic mass is 16.5. The molecule has 34 rings (SSSR count). The molecule has 2 aliphatic heterocycles. The van der Waals surface area contributed by atoms with Gasteiger partial charge in [-0.3, -0.25) is 0 Å². The second kappa shape index (κ2) is 9.65. The van der Waals surface area contributed by atoms with Crippen molar-refractivity contribution in [3.63, 3.8) is 0 Å². The maximum Gasteiger partial charge on any atom is 0.102 e. The normalized spacial score (nSPS) is 28.6. The fraction of sp³-hybridized carbons (Fsp3) is 0.282. The maximum atomic E-state index is 6.76. The van der Waals surface area contributed by atoms with Gasteiger partial charge in [0, 0.05) is 0 Å². The van der Waals surface area contributed by atoms with Crippen LogP contribution in [0.25, 0.3) is 259 Å². The van der Waals surface area contributed by atoms with Crippen molar-refractivity contribution in [2.45, 2.75) is 21.7 Å². The van der Waals surface area contributed by atoms with Crippen LogP contribution < -0.4 is 11.5 Å². The van der Waals surface area contributed by atoms with E-state index >= 15 is 0 Å². The first-order valence-electron chi connectivity index (χ1n) is 33.0. The van der Waals surface area contributed by atoms with Gasteiger partial charge in [0.1, 0.15) is 13.1 Å². The molecule has 0 aromatic heterocycles. The molecular formula is C78H44N4O4+4. The lowest BCUT2D eigenvalue weighted by Gasteiger charge is -2.47. The highest BCUT2D eigenvalue weighted by molar-refractivity contribution is 6.78. The van der Waals surface area contributed by atoms with E-state index in [0.29, 0.717) is 39.6 Å². The minimum absolute atomic E-state index is 0.233. The maximum absolute atomic E-state index is 6.76. The number of benzene rings is 16. The van der Waals surface area contributed by atoms with E-state index in [9.17, 15) is 0 Å². The molecular weight excluding hydrogens is 1060 g/mol. The molecule has 8 heteroatoms. The van der Waals surface area contributed by atoms with Gasteiger partial charge in [0.05, 0.1) is 128 Å². The highest BCUT2D eigenvalue weighted by Crippen LogP contribution is 2.88. The Morgan fingerprint density at radius 1 is 0.221 bits per heavy atom. The molecule has 2 saturated heterocycles. The van der Waals surface area contributed by atoms with Gasteiger partial charge in [0.2, 0.25) is 0 Å². The van der Waals surface area contributed by atoms with E-state index in [2.05, 4.69) is 25.6 Å². The van der Waals surface area contributed by atoms with Crippen LogP contribution >= 0.6 is 0 Å². The highest BCUT2D eigenvalue weighted by Gasteiger charge is 2.80. The minimum Gasteiger partial charge on any atom is -0.373 e. The van der Waals surface area contributed by atoms with Crippen molar-refractivity contribution in [3.05, 3.63) is 44.5 Å². The number of likely N-dealkylation sites (N-methyl/N-ethyl adjacent to an activating group) is 2. The van der Waals surface area contributed by atoms with Crippen LogP contribution in [-0.4, -0.2) is 128 Å². The number of hydrogen-bond donors (Lipinski definition) is 2. The van der Waals surface area contributed by atoms with E-state index in [1.807, 2.05) is 0 Å². The summed E-state index contributed by atoms with van der Waals surface area (Å²) in [5.41, 5.74) is 21.6. The monoisotopic (exact) mass is 1100 g/mol. The van der Waals surface area contributed by atoms with Crippen LogP contribution in [0.3, 0.4) is 0 Å². The summed E-state index contributed by atoms with van der Waals surface area (Å²) >= 11 is 0. The third-order valence-corrected chi connectivity index (χ3v) is 30.2. The molecule has 0 saturated carbocycles. The molecule has 86 heavy (non-hydrogen) atoms. The third kappa shape index (κ3) is 2.43. The number of quaternary nitrogens is 4. The molecule has 6 unspecified atom stereocenters. The lowest BCUT2D eigenvalue weighted by molar-refractivity contribution is -0.900. The van der Waals surface area contributed by atoms with Gasteiger partial charge >= 0.3 is 0 Å². The summed E-state index contributed by atoms with van der Waals surface area (Å²) in [6, 6.07) is 0. The Bertz CT molecular complexity index is 7200. The summed E-state index contributed by atoms with van der Waals surface area (Å²) in [6.07, 6.45) is 0. The van der Waals surface area contributed by atoms with E-state index in [4.69, 9.17) is 18.9 Å². The zero-order valence-electron chi connectivity index (χ0n) is 47.3. The van der Waals surface area contributed by atoms with Crippen LogP contribution in [-0.2, 0) is 40.6 Å². The Kier molecular flexibility index (Phi) is 4.32. The predicted octanol–water partition coefficient (Wildman–Crippen LogP) is 12.3. The van der Waals surface area contributed by atoms with E-state index < -0.39 is 0 Å². The molecule has 6 atom stereocenters. The number of ether oxygens (including phenoxy) is 4. The van der Waals surface area contributed by atoms with Crippen LogP contribution in [0, 0.1) is 0 Å². The molecule has 4 spiro atoms. The predicted molar refractivity (Wildman–Crippen MR) is 347 cm³/mol. The smallest absolute Gasteiger partial charge is 0.102 e. The molecule has 0 radical (unpaired) electrons. The standard InChI is InChI=1S/C78H42N4O4/c1-81(5-9-85-13-11-83-7-3-79)15-75-67-51-39-27-19-20-24-21-25-33-41(29(21)27)53(51)69(75)59-47(33)38-46-36(25)44-32(24)40-28(20)30-22-23(19)31(39)43-35-26(22)34-42(30)54-52(40)68-56(44)58(46)72-64-49(38)61(59)73-65-63-50-37(45(35)57(55(43)67)71(63)77(73,75)17-81)48(34)60-62(50)74(66(64)65)78(72)18-82(2,16-76(68,78)70(54)60)6-10-86-14-12-84-8-4-80/h3-18,79-80H2,1-2H3/q+2/p+2. The van der Waals surface area contributed by atoms with Gasteiger partial charge in [0.25, 0.3) is 0 Å². The first kappa shape index (κ1) is 38.5. The summed E-state index contributed by atoms with van der Waals surface area (Å²) in [6.45, 7) is 13.5. The van der Waals surface area contributed by atoms with E-state index in [0.717, 1.165) is 74.5 Å². The molecule has 8 nitrogen and oxygen atoms in total. The van der Waals surface area contributed by atoms with Crippen molar-refractivity contribution in [3.8, 4) is 0 Å². The molecule has 0 bridgehead atoms. The first-order valence-corrected chi connectivity index (χ1v) is 33.0. The van der Waals surface area contributed by atoms with E-state index in [1.165, 1.54) is 0 Å². The number of rotatable bonds is 16. The average molecular weight is 1100 g/mol. The first-order chi connectivity index (χ1) is 42.4. The van der Waals surface area contributed by atoms with Gasteiger partial charge < -0.3 is 39.4 Å². The summed E-state index contributed by atoms with van der Waals surface area (Å²) in [5.74, 6) is 0. The Labute approximate surface area is 480 Å². The molecule has 8 aliphatic carbocycles. The van der Waals surface area contributed by atoms with E-state index in [1.54, 1.807) is 303 Å². The van der Waals surface area contributed by atoms with Gasteiger partial charge in [-0.05, 0) is 303 Å². The van der Waals surface area contributed by atoms with Crippen molar-refractivity contribution in [2.75, 3.05) is 119 Å². The Morgan fingerprint density at radius 2 is 0.360 bits per heavy atom. The largest absolute Gasteiger partial charge is 0.373 e. The quantitative estimate of drug-likeness (QED) is 0.0573. The zero-order valence-corrected chi connectivity index (χ0v) is 47.3. The zero-order chi connectivity index (χ0) is 53.5. The molecule has 24 aromatic rings. The van der Waals surface area contributed by atoms with Crippen LogP contribution in [0.1, 0.15) is 44.5 Å². The lowest BCUT2D eigenvalue weighted by atomic mass is 9.50. The molecule has 2 heterocycles. The van der Waals surface area contributed by atoms with Crippen molar-refractivity contribution in [2.24, 2.45) is 0 Å². The number of likely N-dealkylation sites (tertiary alicyclic amines) is 2. The Balaban J connectivity index is 0.902. The van der Waals surface area contributed by atoms with Gasteiger partial charge in [-0.2, -0.15) is 0 Å². The molecule has 10 aliphatic rings. The second-order valence-electron chi connectivity index (χ2n) is 32.1. The van der Waals surface area contributed by atoms with Crippen molar-refractivity contribution < 1.29 is 39.4 Å². The molecule has 6 N–H and O–H groups in total. The summed E-state index contributed by atoms with van der Waals surface area (Å²) in [4.78, 5) is 0. The molecule has 396 valence electrons. The number of hydrogen-bond acceptors (Lipinski definition) is 4. The number of nitrogens with zero attached hydrogens (tertiary/aromatic N) is 2. The average Bonchev–Trinajstić information content (AvgIpc) is 1.38. The van der Waals surface area contributed by atoms with Crippen LogP contribution in [0.4, 0.5) is 0 Å². The van der Waals surface area contributed by atoms with Crippen molar-refractivity contribution in [1.29, 1.82) is 0 Å². The van der Waals surface area contributed by atoms with Crippen molar-refractivity contribution in [1.82, 2.24) is 0 Å². The Morgan fingerprint density at radius 3 is 0.535 bits per heavy atom. The minimum atomic E-state index is -0.239. The van der Waals surface area contributed by atoms with Crippen molar-refractivity contribution >= 4 is 259 Å². The third-order valence-electron chi connectivity index (χ3n) is 30.2. The van der Waals surface area contributed by atoms with Crippen LogP contribution in [0.5, 0.6) is 0 Å². The van der Waals surface area contributed by atoms with Crippen LogP contribution in [0.15, 0.2) is 0 Å². The fourth-order valence-electron chi connectivity index (χ4n) is 29.9. The summed E-state index contributed by atoms with van der Waals surface area (Å²) in [5, 5.41) is 81.4. The van der Waals surface area contributed by atoms with Gasteiger partial charge in [0.15, 0.2) is 0 Å². The molecule has 2 fully saturated rings. The van der Waals surface area contributed by atoms with E-state index in [-0.39, 0.29) is 21.7 Å². The Hall–Kier alpha value is -7.60. The topological polar surface area (TPSA) is 92.2 Å². The molecule has 0 amide bonds. The van der Waals surface area contributed by atoms with Gasteiger partial charge in [-0.1, -0.05) is 0 Å². The lowest BCUT2D eigenvalue weighted by Crippen LogP contribution is -2.52.